The van der Waals surface area contributed by atoms with Crippen molar-refractivity contribution < 1.29 is 13.2 Å². The molecule has 1 heterocycles. The fraction of sp³-hybridized carbons (Fsp3) is 0.667. The zero-order valence-electron chi connectivity index (χ0n) is 8.34. The molecular weight excluding hydrogens is 193 g/mol. The van der Waals surface area contributed by atoms with Crippen molar-refractivity contribution in [2.24, 2.45) is 0 Å². The van der Waals surface area contributed by atoms with E-state index >= 15 is 0 Å². The molecule has 14 heavy (non-hydrogen) atoms. The van der Waals surface area contributed by atoms with Crippen LogP contribution in [0.5, 0.6) is 0 Å². The van der Waals surface area contributed by atoms with E-state index in [1.165, 1.54) is 6.20 Å². The Morgan fingerprint density at radius 1 is 1.29 bits per heavy atom. The van der Waals surface area contributed by atoms with Crippen molar-refractivity contribution in [3.8, 4) is 0 Å². The highest BCUT2D eigenvalue weighted by atomic mass is 19.4. The summed E-state index contributed by atoms with van der Waals surface area (Å²) in [6.07, 6.45) is -2.84. The summed E-state index contributed by atoms with van der Waals surface area (Å²) in [4.78, 5) is 0. The Morgan fingerprint density at radius 2 is 1.86 bits per heavy atom. The molecule has 0 saturated heterocycles. The minimum atomic E-state index is -4.24. The van der Waals surface area contributed by atoms with Crippen LogP contribution in [0, 0.1) is 0 Å². The van der Waals surface area contributed by atoms with Crippen molar-refractivity contribution in [1.29, 1.82) is 0 Å². The SMILES string of the molecule is CC(C)c1ccnn1[C@@H](C)C(F)(F)F. The Morgan fingerprint density at radius 3 is 2.29 bits per heavy atom. The molecule has 0 saturated carbocycles. The molecule has 2 nitrogen and oxygen atoms in total. The number of hydrogen-bond donors (Lipinski definition) is 0. The number of rotatable bonds is 2. The molecule has 0 bridgehead atoms. The first-order valence-corrected chi connectivity index (χ1v) is 4.44. The van der Waals surface area contributed by atoms with Gasteiger partial charge in [-0.1, -0.05) is 13.8 Å². The number of aromatic nitrogens is 2. The molecule has 5 heteroatoms. The second kappa shape index (κ2) is 3.63. The quantitative estimate of drug-likeness (QED) is 0.726. The van der Waals surface area contributed by atoms with Crippen molar-refractivity contribution in [3.05, 3.63) is 18.0 Å². The van der Waals surface area contributed by atoms with Crippen molar-refractivity contribution in [2.45, 2.75) is 38.9 Å². The predicted molar refractivity (Wildman–Crippen MR) is 47.1 cm³/mol. The van der Waals surface area contributed by atoms with Crippen LogP contribution in [0.3, 0.4) is 0 Å². The Kier molecular flexibility index (Phi) is 2.87. The highest BCUT2D eigenvalue weighted by Crippen LogP contribution is 2.31. The maximum atomic E-state index is 12.4. The topological polar surface area (TPSA) is 17.8 Å². The van der Waals surface area contributed by atoms with Crippen LogP contribution in [-0.4, -0.2) is 16.0 Å². The Hall–Kier alpha value is -1.00. The van der Waals surface area contributed by atoms with Gasteiger partial charge < -0.3 is 0 Å². The minimum Gasteiger partial charge on any atom is -0.257 e. The molecule has 0 aliphatic rings. The molecular formula is C9H13F3N2. The molecule has 1 atom stereocenters. The van der Waals surface area contributed by atoms with Gasteiger partial charge in [0, 0.05) is 11.9 Å². The Bertz CT molecular complexity index is 301. The standard InChI is InChI=1S/C9H13F3N2/c1-6(2)8-4-5-13-14(8)7(3)9(10,11)12/h4-7H,1-3H3/t7-/m0/s1. The summed E-state index contributed by atoms with van der Waals surface area (Å²) in [5.41, 5.74) is 0.606. The molecule has 80 valence electrons. The average molecular weight is 206 g/mol. The van der Waals surface area contributed by atoms with E-state index in [2.05, 4.69) is 5.10 Å². The van der Waals surface area contributed by atoms with Gasteiger partial charge >= 0.3 is 6.18 Å². The lowest BCUT2D eigenvalue weighted by Crippen LogP contribution is -2.26. The smallest absolute Gasteiger partial charge is 0.257 e. The zero-order chi connectivity index (χ0) is 10.9. The van der Waals surface area contributed by atoms with E-state index in [0.29, 0.717) is 5.69 Å². The normalized spacial score (nSPS) is 14.8. The van der Waals surface area contributed by atoms with Gasteiger partial charge in [0.25, 0.3) is 0 Å². The third-order valence-corrected chi connectivity index (χ3v) is 2.13. The van der Waals surface area contributed by atoms with Crippen molar-refractivity contribution >= 4 is 0 Å². The van der Waals surface area contributed by atoms with Gasteiger partial charge in [0.05, 0.1) is 0 Å². The minimum absolute atomic E-state index is 0.0438. The molecule has 0 fully saturated rings. The van der Waals surface area contributed by atoms with Gasteiger partial charge in [0.15, 0.2) is 0 Å². The van der Waals surface area contributed by atoms with E-state index in [0.717, 1.165) is 11.6 Å². The first-order valence-electron chi connectivity index (χ1n) is 4.44. The van der Waals surface area contributed by atoms with Crippen LogP contribution in [0.4, 0.5) is 13.2 Å². The summed E-state index contributed by atoms with van der Waals surface area (Å²) in [7, 11) is 0. The van der Waals surface area contributed by atoms with Gasteiger partial charge in [0.1, 0.15) is 6.04 Å². The van der Waals surface area contributed by atoms with Crippen LogP contribution in [0.1, 0.15) is 38.4 Å². The van der Waals surface area contributed by atoms with E-state index in [9.17, 15) is 13.2 Å². The van der Waals surface area contributed by atoms with E-state index in [1.54, 1.807) is 6.07 Å². The van der Waals surface area contributed by atoms with Gasteiger partial charge in [-0.15, -0.1) is 0 Å². The van der Waals surface area contributed by atoms with Gasteiger partial charge in [-0.05, 0) is 18.9 Å². The largest absolute Gasteiger partial charge is 0.410 e. The number of hydrogen-bond acceptors (Lipinski definition) is 1. The van der Waals surface area contributed by atoms with Crippen LogP contribution >= 0.6 is 0 Å². The first-order chi connectivity index (χ1) is 6.34. The fourth-order valence-corrected chi connectivity index (χ4v) is 1.24. The monoisotopic (exact) mass is 206 g/mol. The lowest BCUT2D eigenvalue weighted by molar-refractivity contribution is -0.165. The van der Waals surface area contributed by atoms with Gasteiger partial charge in [-0.25, -0.2) is 0 Å². The van der Waals surface area contributed by atoms with Crippen LogP contribution in [0.15, 0.2) is 12.3 Å². The van der Waals surface area contributed by atoms with Crippen molar-refractivity contribution in [2.75, 3.05) is 0 Å². The van der Waals surface area contributed by atoms with Crippen LogP contribution in [0.2, 0.25) is 0 Å². The molecule has 0 aliphatic heterocycles. The Labute approximate surface area is 80.7 Å². The second-order valence-corrected chi connectivity index (χ2v) is 3.57. The lowest BCUT2D eigenvalue weighted by Gasteiger charge is -2.19. The molecule has 0 unspecified atom stereocenters. The summed E-state index contributed by atoms with van der Waals surface area (Å²) in [5.74, 6) is 0.0438. The molecule has 0 spiro atoms. The van der Waals surface area contributed by atoms with Gasteiger partial charge in [-0.2, -0.15) is 18.3 Å². The van der Waals surface area contributed by atoms with E-state index < -0.39 is 12.2 Å². The molecule has 0 radical (unpaired) electrons. The summed E-state index contributed by atoms with van der Waals surface area (Å²) in [5, 5.41) is 3.70. The highest BCUT2D eigenvalue weighted by molar-refractivity contribution is 5.06. The zero-order valence-corrected chi connectivity index (χ0v) is 8.34. The second-order valence-electron chi connectivity index (χ2n) is 3.57. The summed E-state index contributed by atoms with van der Waals surface area (Å²) >= 11 is 0. The molecule has 0 aromatic carbocycles. The van der Waals surface area contributed by atoms with Crippen LogP contribution in [-0.2, 0) is 0 Å². The third-order valence-electron chi connectivity index (χ3n) is 2.13. The van der Waals surface area contributed by atoms with Crippen molar-refractivity contribution in [3.63, 3.8) is 0 Å². The van der Waals surface area contributed by atoms with E-state index in [1.807, 2.05) is 13.8 Å². The van der Waals surface area contributed by atoms with Crippen molar-refractivity contribution in [1.82, 2.24) is 9.78 Å². The molecule has 0 amide bonds. The number of nitrogens with zero attached hydrogens (tertiary/aromatic N) is 2. The Balaban J connectivity index is 3.01. The van der Waals surface area contributed by atoms with Crippen LogP contribution in [0.25, 0.3) is 0 Å². The summed E-state index contributed by atoms with van der Waals surface area (Å²) in [6.45, 7) is 4.80. The van der Waals surface area contributed by atoms with Gasteiger partial charge in [-0.3, -0.25) is 4.68 Å². The molecule has 1 rings (SSSR count). The average Bonchev–Trinajstić information content (AvgIpc) is 2.48. The van der Waals surface area contributed by atoms with E-state index in [4.69, 9.17) is 0 Å². The lowest BCUT2D eigenvalue weighted by atomic mass is 10.1. The maximum Gasteiger partial charge on any atom is 0.410 e. The van der Waals surface area contributed by atoms with E-state index in [-0.39, 0.29) is 5.92 Å². The number of alkyl halides is 3. The van der Waals surface area contributed by atoms with Gasteiger partial charge in [0.2, 0.25) is 0 Å². The number of halogens is 3. The van der Waals surface area contributed by atoms with Crippen LogP contribution < -0.4 is 0 Å². The predicted octanol–water partition coefficient (Wildman–Crippen LogP) is 3.13. The first kappa shape index (κ1) is 11.1. The molecule has 0 N–H and O–H groups in total. The highest BCUT2D eigenvalue weighted by Gasteiger charge is 2.38. The maximum absolute atomic E-state index is 12.4. The molecule has 1 aromatic heterocycles. The third kappa shape index (κ3) is 2.08. The fourth-order valence-electron chi connectivity index (χ4n) is 1.24. The summed E-state index contributed by atoms with van der Waals surface area (Å²) in [6, 6.07) is 0.0577. The molecule has 1 aromatic rings. The summed E-state index contributed by atoms with van der Waals surface area (Å²) < 4.78 is 38.2. The molecule has 0 aliphatic carbocycles.